The van der Waals surface area contributed by atoms with Crippen LogP contribution in [0.25, 0.3) is 5.69 Å². The molecule has 0 spiro atoms. The van der Waals surface area contributed by atoms with Gasteiger partial charge >= 0.3 is 0 Å². The Bertz CT molecular complexity index is 820. The van der Waals surface area contributed by atoms with E-state index in [-0.39, 0.29) is 22.3 Å². The van der Waals surface area contributed by atoms with E-state index in [1.807, 2.05) is 0 Å². The van der Waals surface area contributed by atoms with Crippen molar-refractivity contribution in [2.75, 3.05) is 13.1 Å². The topological polar surface area (TPSA) is 80.1 Å². The predicted octanol–water partition coefficient (Wildman–Crippen LogP) is 1.41. The molecule has 2 amide bonds. The summed E-state index contributed by atoms with van der Waals surface area (Å²) in [5.41, 5.74) is -0.887. The molecule has 24 heavy (non-hydrogen) atoms. The maximum Gasteiger partial charge on any atom is 0.276 e. The van der Waals surface area contributed by atoms with Crippen molar-refractivity contribution in [1.82, 2.24) is 25.2 Å². The maximum absolute atomic E-state index is 14.1. The fourth-order valence-corrected chi connectivity index (χ4v) is 2.71. The van der Waals surface area contributed by atoms with Crippen molar-refractivity contribution in [2.24, 2.45) is 0 Å². The molecule has 0 bridgehead atoms. The van der Waals surface area contributed by atoms with Crippen molar-refractivity contribution < 1.29 is 14.0 Å². The van der Waals surface area contributed by atoms with Crippen molar-refractivity contribution >= 4 is 23.4 Å². The van der Waals surface area contributed by atoms with Crippen LogP contribution in [0.3, 0.4) is 0 Å². The zero-order valence-electron chi connectivity index (χ0n) is 13.1. The number of hydrogen-bond acceptors (Lipinski definition) is 4. The van der Waals surface area contributed by atoms with Crippen LogP contribution in [0.15, 0.2) is 24.4 Å². The van der Waals surface area contributed by atoms with E-state index in [4.69, 9.17) is 11.6 Å². The lowest BCUT2D eigenvalue weighted by Gasteiger charge is -2.40. The van der Waals surface area contributed by atoms with Crippen LogP contribution in [-0.2, 0) is 4.79 Å². The minimum atomic E-state index is -1.000. The summed E-state index contributed by atoms with van der Waals surface area (Å²) < 4.78 is 15.2. The van der Waals surface area contributed by atoms with E-state index in [2.05, 4.69) is 15.6 Å². The Hall–Kier alpha value is -2.48. The number of amides is 2. The van der Waals surface area contributed by atoms with Crippen LogP contribution in [0.1, 0.15) is 24.3 Å². The minimum Gasteiger partial charge on any atom is -0.352 e. The first-order valence-electron chi connectivity index (χ1n) is 7.29. The number of nitrogens with zero attached hydrogens (tertiary/aromatic N) is 4. The second-order valence-corrected chi connectivity index (χ2v) is 6.30. The van der Waals surface area contributed by atoms with Crippen molar-refractivity contribution in [3.8, 4) is 5.69 Å². The predicted molar refractivity (Wildman–Crippen MR) is 84.5 cm³/mol. The summed E-state index contributed by atoms with van der Waals surface area (Å²) in [5.74, 6) is -1.33. The molecule has 1 fully saturated rings. The number of piperazine rings is 1. The Morgan fingerprint density at radius 1 is 1.42 bits per heavy atom. The van der Waals surface area contributed by atoms with Gasteiger partial charge in [-0.1, -0.05) is 22.9 Å². The summed E-state index contributed by atoms with van der Waals surface area (Å²) in [6.07, 6.45) is 1.32. The number of hydrogen-bond donors (Lipinski definition) is 1. The zero-order valence-corrected chi connectivity index (χ0v) is 13.8. The monoisotopic (exact) mass is 351 g/mol. The fraction of sp³-hybridized carbons (Fsp3) is 0.333. The van der Waals surface area contributed by atoms with Gasteiger partial charge in [0.2, 0.25) is 5.91 Å². The average Bonchev–Trinajstić information content (AvgIpc) is 3.02. The first-order chi connectivity index (χ1) is 11.3. The summed E-state index contributed by atoms with van der Waals surface area (Å²) in [4.78, 5) is 26.1. The highest BCUT2D eigenvalue weighted by Crippen LogP contribution is 2.22. The molecule has 1 aliphatic rings. The summed E-state index contributed by atoms with van der Waals surface area (Å²) >= 11 is 5.75. The van der Waals surface area contributed by atoms with Gasteiger partial charge in [-0.2, -0.15) is 0 Å². The van der Waals surface area contributed by atoms with E-state index in [0.29, 0.717) is 13.1 Å². The van der Waals surface area contributed by atoms with Gasteiger partial charge in [0.25, 0.3) is 5.91 Å². The quantitative estimate of drug-likeness (QED) is 0.887. The van der Waals surface area contributed by atoms with Gasteiger partial charge in [0, 0.05) is 13.1 Å². The molecule has 0 atom stereocenters. The maximum atomic E-state index is 14.1. The zero-order chi connectivity index (χ0) is 17.5. The molecule has 1 aromatic carbocycles. The third kappa shape index (κ3) is 2.62. The number of carbonyl (C=O) groups excluding carboxylic acids is 2. The molecule has 1 aromatic heterocycles. The molecule has 2 aromatic rings. The van der Waals surface area contributed by atoms with Gasteiger partial charge in [-0.3, -0.25) is 9.59 Å². The van der Waals surface area contributed by atoms with E-state index >= 15 is 0 Å². The number of halogens is 2. The smallest absolute Gasteiger partial charge is 0.276 e. The molecule has 0 aliphatic carbocycles. The van der Waals surface area contributed by atoms with E-state index in [0.717, 1.165) is 4.68 Å². The highest BCUT2D eigenvalue weighted by Gasteiger charge is 2.41. The lowest BCUT2D eigenvalue weighted by molar-refractivity contribution is -0.133. The molecule has 9 heteroatoms. The summed E-state index contributed by atoms with van der Waals surface area (Å²) in [5, 5.41) is 10.3. The Morgan fingerprint density at radius 3 is 2.92 bits per heavy atom. The standard InChI is InChI=1S/C15H15ClFN5O2/c1-15(2)14(24)18-6-7-21(15)13(23)10-8-22(20-19-10)11-5-3-4-9(16)12(11)17/h3-5,8H,6-7H2,1-2H3,(H,18,24). The second-order valence-electron chi connectivity index (χ2n) is 5.89. The van der Waals surface area contributed by atoms with Gasteiger partial charge in [-0.05, 0) is 26.0 Å². The lowest BCUT2D eigenvalue weighted by Crippen LogP contribution is -2.63. The van der Waals surface area contributed by atoms with E-state index in [1.165, 1.54) is 23.2 Å². The van der Waals surface area contributed by atoms with Crippen LogP contribution in [-0.4, -0.2) is 50.3 Å². The lowest BCUT2D eigenvalue weighted by atomic mass is 9.98. The van der Waals surface area contributed by atoms with Crippen LogP contribution >= 0.6 is 11.6 Å². The summed E-state index contributed by atoms with van der Waals surface area (Å²) in [6, 6.07) is 4.46. The molecule has 0 saturated carbocycles. The van der Waals surface area contributed by atoms with Gasteiger partial charge in [-0.25, -0.2) is 9.07 Å². The normalized spacial score (nSPS) is 16.8. The molecule has 0 radical (unpaired) electrons. The van der Waals surface area contributed by atoms with Crippen molar-refractivity contribution in [3.63, 3.8) is 0 Å². The molecular weight excluding hydrogens is 337 g/mol. The molecule has 0 unspecified atom stereocenters. The highest BCUT2D eigenvalue weighted by molar-refractivity contribution is 6.30. The van der Waals surface area contributed by atoms with Crippen LogP contribution in [0.5, 0.6) is 0 Å². The molecule has 3 rings (SSSR count). The Morgan fingerprint density at radius 2 is 2.17 bits per heavy atom. The number of nitrogens with one attached hydrogen (secondary N) is 1. The first kappa shape index (κ1) is 16.4. The highest BCUT2D eigenvalue weighted by atomic mass is 35.5. The number of carbonyl (C=O) groups is 2. The van der Waals surface area contributed by atoms with Crippen LogP contribution in [0.2, 0.25) is 5.02 Å². The number of aromatic nitrogens is 3. The molecule has 1 aliphatic heterocycles. The first-order valence-corrected chi connectivity index (χ1v) is 7.67. The minimum absolute atomic E-state index is 0.0251. The van der Waals surface area contributed by atoms with E-state index in [1.54, 1.807) is 19.9 Å². The largest absolute Gasteiger partial charge is 0.352 e. The summed E-state index contributed by atoms with van der Waals surface area (Å²) in [6.45, 7) is 4.03. The fourth-order valence-electron chi connectivity index (χ4n) is 2.54. The molecule has 2 heterocycles. The Kier molecular flexibility index (Phi) is 4.00. The van der Waals surface area contributed by atoms with Crippen LogP contribution in [0.4, 0.5) is 4.39 Å². The van der Waals surface area contributed by atoms with Crippen LogP contribution < -0.4 is 5.32 Å². The number of rotatable bonds is 2. The number of benzene rings is 1. The van der Waals surface area contributed by atoms with Crippen molar-refractivity contribution in [1.29, 1.82) is 0 Å². The van der Waals surface area contributed by atoms with Gasteiger partial charge in [0.05, 0.1) is 11.2 Å². The van der Waals surface area contributed by atoms with Crippen molar-refractivity contribution in [2.45, 2.75) is 19.4 Å². The Balaban J connectivity index is 1.92. The van der Waals surface area contributed by atoms with Crippen LogP contribution in [0, 0.1) is 5.82 Å². The Labute approximate surface area is 142 Å². The van der Waals surface area contributed by atoms with Gasteiger partial charge in [-0.15, -0.1) is 5.10 Å². The van der Waals surface area contributed by atoms with E-state index < -0.39 is 17.3 Å². The van der Waals surface area contributed by atoms with Crippen molar-refractivity contribution in [3.05, 3.63) is 40.9 Å². The van der Waals surface area contributed by atoms with Gasteiger partial charge in [0.15, 0.2) is 11.5 Å². The van der Waals surface area contributed by atoms with Gasteiger partial charge in [0.1, 0.15) is 11.2 Å². The summed E-state index contributed by atoms with van der Waals surface area (Å²) in [7, 11) is 0. The average molecular weight is 352 g/mol. The molecular formula is C15H15ClFN5O2. The molecule has 1 saturated heterocycles. The SMILES string of the molecule is CC1(C)C(=O)NCCN1C(=O)c1cn(-c2cccc(Cl)c2F)nn1. The second kappa shape index (κ2) is 5.86. The third-order valence-electron chi connectivity index (χ3n) is 3.99. The molecule has 126 valence electrons. The molecule has 1 N–H and O–H groups in total. The van der Waals surface area contributed by atoms with Gasteiger partial charge < -0.3 is 10.2 Å². The third-order valence-corrected chi connectivity index (χ3v) is 4.28. The van der Waals surface area contributed by atoms with E-state index in [9.17, 15) is 14.0 Å². The molecule has 7 nitrogen and oxygen atoms in total.